The highest BCUT2D eigenvalue weighted by Crippen LogP contribution is 2.22. The van der Waals surface area contributed by atoms with Crippen molar-refractivity contribution in [3.05, 3.63) is 53.1 Å². The molecular weight excluding hydrogens is 314 g/mol. The summed E-state index contributed by atoms with van der Waals surface area (Å²) in [5.41, 5.74) is 1.62. The van der Waals surface area contributed by atoms with Gasteiger partial charge >= 0.3 is 0 Å². The number of hydrogen-bond acceptors (Lipinski definition) is 3. The van der Waals surface area contributed by atoms with E-state index in [1.807, 2.05) is 26.0 Å². The van der Waals surface area contributed by atoms with Crippen molar-refractivity contribution >= 4 is 23.2 Å². The number of anilines is 1. The average Bonchev–Trinajstić information content (AvgIpc) is 2.56. The Morgan fingerprint density at radius 1 is 1.17 bits per heavy atom. The molecule has 0 saturated carbocycles. The van der Waals surface area contributed by atoms with Gasteiger partial charge in [0.2, 0.25) is 0 Å². The lowest BCUT2D eigenvalue weighted by Gasteiger charge is -2.17. The molecule has 0 saturated heterocycles. The Labute approximate surface area is 141 Å². The number of carbonyl (C=O) groups excluding carboxylic acids is 1. The fraction of sp³-hybridized carbons (Fsp3) is 0.278. The van der Waals surface area contributed by atoms with E-state index in [0.717, 1.165) is 11.3 Å². The number of halogens is 1. The van der Waals surface area contributed by atoms with Crippen LogP contribution in [0.3, 0.4) is 0 Å². The molecule has 0 heterocycles. The second-order valence-corrected chi connectivity index (χ2v) is 5.55. The van der Waals surface area contributed by atoms with Gasteiger partial charge in [-0.2, -0.15) is 0 Å². The van der Waals surface area contributed by atoms with E-state index in [9.17, 15) is 4.79 Å². The van der Waals surface area contributed by atoms with E-state index >= 15 is 0 Å². The molecule has 4 nitrogen and oxygen atoms in total. The van der Waals surface area contributed by atoms with Gasteiger partial charge in [0.1, 0.15) is 11.5 Å². The van der Waals surface area contributed by atoms with Gasteiger partial charge < -0.3 is 14.8 Å². The van der Waals surface area contributed by atoms with Crippen molar-refractivity contribution in [1.82, 2.24) is 0 Å². The zero-order valence-corrected chi connectivity index (χ0v) is 14.2. The third-order valence-electron chi connectivity index (χ3n) is 3.44. The highest BCUT2D eigenvalue weighted by Gasteiger charge is 2.18. The van der Waals surface area contributed by atoms with Gasteiger partial charge in [0, 0.05) is 10.7 Å². The normalized spacial score (nSPS) is 11.7. The van der Waals surface area contributed by atoms with E-state index < -0.39 is 6.10 Å². The van der Waals surface area contributed by atoms with Gasteiger partial charge in [0.15, 0.2) is 6.10 Å². The number of methoxy groups -OCH3 is 1. The monoisotopic (exact) mass is 333 g/mol. The van der Waals surface area contributed by atoms with Gasteiger partial charge in [-0.15, -0.1) is 0 Å². The van der Waals surface area contributed by atoms with Crippen LogP contribution in [0, 0.1) is 6.92 Å². The SMILES string of the molecule is CC[C@H](Oc1ccc(OC)cc1)C(=O)Nc1ccc(C)c(Cl)c1. The van der Waals surface area contributed by atoms with Gasteiger partial charge in [-0.25, -0.2) is 0 Å². The predicted octanol–water partition coefficient (Wildman–Crippen LogP) is 4.45. The minimum Gasteiger partial charge on any atom is -0.497 e. The number of aryl methyl sites for hydroxylation is 1. The van der Waals surface area contributed by atoms with E-state index in [4.69, 9.17) is 21.1 Å². The minimum atomic E-state index is -0.580. The maximum absolute atomic E-state index is 12.4. The molecule has 2 rings (SSSR count). The van der Waals surface area contributed by atoms with Crippen molar-refractivity contribution in [2.24, 2.45) is 0 Å². The fourth-order valence-corrected chi connectivity index (χ4v) is 2.21. The number of benzene rings is 2. The van der Waals surface area contributed by atoms with E-state index in [1.54, 1.807) is 37.4 Å². The summed E-state index contributed by atoms with van der Waals surface area (Å²) in [7, 11) is 1.60. The Morgan fingerprint density at radius 3 is 2.39 bits per heavy atom. The van der Waals surface area contributed by atoms with Crippen LogP contribution in [0.4, 0.5) is 5.69 Å². The summed E-state index contributed by atoms with van der Waals surface area (Å²) in [6.45, 7) is 3.81. The second-order valence-electron chi connectivity index (χ2n) is 5.14. The first-order valence-electron chi connectivity index (χ1n) is 7.41. The molecular formula is C18H20ClNO3. The molecule has 0 aromatic heterocycles. The third kappa shape index (κ3) is 4.63. The zero-order chi connectivity index (χ0) is 16.8. The maximum Gasteiger partial charge on any atom is 0.265 e. The first-order chi connectivity index (χ1) is 11.0. The molecule has 0 aliphatic carbocycles. The van der Waals surface area contributed by atoms with Crippen molar-refractivity contribution in [1.29, 1.82) is 0 Å². The highest BCUT2D eigenvalue weighted by atomic mass is 35.5. The van der Waals surface area contributed by atoms with Crippen LogP contribution in [0.2, 0.25) is 5.02 Å². The number of ether oxygens (including phenoxy) is 2. The Kier molecular flexibility index (Phi) is 5.88. The molecule has 2 aromatic rings. The van der Waals surface area contributed by atoms with E-state index in [-0.39, 0.29) is 5.91 Å². The van der Waals surface area contributed by atoms with Crippen LogP contribution in [0.25, 0.3) is 0 Å². The fourth-order valence-electron chi connectivity index (χ4n) is 2.03. The average molecular weight is 334 g/mol. The van der Waals surface area contributed by atoms with E-state index in [2.05, 4.69) is 5.32 Å². The molecule has 0 unspecified atom stereocenters. The Hall–Kier alpha value is -2.20. The third-order valence-corrected chi connectivity index (χ3v) is 3.85. The van der Waals surface area contributed by atoms with Gasteiger partial charge in [0.05, 0.1) is 7.11 Å². The summed E-state index contributed by atoms with van der Waals surface area (Å²) in [5.74, 6) is 1.15. The molecule has 0 bridgehead atoms. The first kappa shape index (κ1) is 17.2. The van der Waals surface area contributed by atoms with Crippen molar-refractivity contribution in [3.63, 3.8) is 0 Å². The van der Waals surface area contributed by atoms with Crippen LogP contribution in [0.1, 0.15) is 18.9 Å². The summed E-state index contributed by atoms with van der Waals surface area (Å²) in [6.07, 6.45) is -0.0271. The zero-order valence-electron chi connectivity index (χ0n) is 13.4. The van der Waals surface area contributed by atoms with Crippen LogP contribution in [0.15, 0.2) is 42.5 Å². The smallest absolute Gasteiger partial charge is 0.265 e. The van der Waals surface area contributed by atoms with Gasteiger partial charge in [0.25, 0.3) is 5.91 Å². The topological polar surface area (TPSA) is 47.6 Å². The molecule has 5 heteroatoms. The molecule has 122 valence electrons. The summed E-state index contributed by atoms with van der Waals surface area (Å²) in [4.78, 5) is 12.4. The largest absolute Gasteiger partial charge is 0.497 e. The second kappa shape index (κ2) is 7.88. The summed E-state index contributed by atoms with van der Waals surface area (Å²) in [5, 5.41) is 3.45. The molecule has 0 aliphatic heterocycles. The standard InChI is InChI=1S/C18H20ClNO3/c1-4-17(23-15-9-7-14(22-3)8-10-15)18(21)20-13-6-5-12(2)16(19)11-13/h5-11,17H,4H2,1-3H3,(H,20,21)/t17-/m0/s1. The highest BCUT2D eigenvalue weighted by molar-refractivity contribution is 6.31. The van der Waals surface area contributed by atoms with E-state index in [1.165, 1.54) is 0 Å². The molecule has 0 spiro atoms. The summed E-state index contributed by atoms with van der Waals surface area (Å²) in [6, 6.07) is 12.5. The summed E-state index contributed by atoms with van der Waals surface area (Å²) < 4.78 is 10.9. The molecule has 1 amide bonds. The molecule has 23 heavy (non-hydrogen) atoms. The lowest BCUT2D eigenvalue weighted by molar-refractivity contribution is -0.122. The Bertz CT molecular complexity index is 670. The number of carbonyl (C=O) groups is 1. The first-order valence-corrected chi connectivity index (χ1v) is 7.79. The molecule has 1 N–H and O–H groups in total. The molecule has 2 aromatic carbocycles. The van der Waals surface area contributed by atoms with Crippen molar-refractivity contribution in [2.45, 2.75) is 26.4 Å². The van der Waals surface area contributed by atoms with Crippen LogP contribution in [-0.4, -0.2) is 19.1 Å². The minimum absolute atomic E-state index is 0.205. The van der Waals surface area contributed by atoms with Crippen molar-refractivity contribution in [3.8, 4) is 11.5 Å². The summed E-state index contributed by atoms with van der Waals surface area (Å²) >= 11 is 6.07. The van der Waals surface area contributed by atoms with Crippen LogP contribution in [-0.2, 0) is 4.79 Å². The van der Waals surface area contributed by atoms with Crippen LogP contribution < -0.4 is 14.8 Å². The Morgan fingerprint density at radius 2 is 1.83 bits per heavy atom. The van der Waals surface area contributed by atoms with Gasteiger partial charge in [-0.3, -0.25) is 4.79 Å². The molecule has 1 atom stereocenters. The Balaban J connectivity index is 2.03. The van der Waals surface area contributed by atoms with Crippen LogP contribution >= 0.6 is 11.6 Å². The molecule has 0 fully saturated rings. The van der Waals surface area contributed by atoms with Crippen LogP contribution in [0.5, 0.6) is 11.5 Å². The lowest BCUT2D eigenvalue weighted by atomic mass is 10.2. The number of amides is 1. The number of nitrogens with one attached hydrogen (secondary N) is 1. The van der Waals surface area contributed by atoms with Gasteiger partial charge in [-0.05, 0) is 55.3 Å². The van der Waals surface area contributed by atoms with Gasteiger partial charge in [-0.1, -0.05) is 24.6 Å². The number of hydrogen-bond donors (Lipinski definition) is 1. The van der Waals surface area contributed by atoms with E-state index in [0.29, 0.717) is 22.9 Å². The quantitative estimate of drug-likeness (QED) is 0.849. The number of rotatable bonds is 6. The lowest BCUT2D eigenvalue weighted by Crippen LogP contribution is -2.32. The van der Waals surface area contributed by atoms with Crippen molar-refractivity contribution in [2.75, 3.05) is 12.4 Å². The molecule has 0 aliphatic rings. The molecule has 0 radical (unpaired) electrons. The predicted molar refractivity (Wildman–Crippen MR) is 92.5 cm³/mol. The van der Waals surface area contributed by atoms with Crippen molar-refractivity contribution < 1.29 is 14.3 Å². The maximum atomic E-state index is 12.4.